The molecule has 0 aliphatic heterocycles. The van der Waals surface area contributed by atoms with Crippen LogP contribution in [0.3, 0.4) is 0 Å². The summed E-state index contributed by atoms with van der Waals surface area (Å²) in [5.41, 5.74) is 2.01. The van der Waals surface area contributed by atoms with E-state index in [0.29, 0.717) is 5.22 Å². The first-order chi connectivity index (χ1) is 8.78. The molecule has 0 spiro atoms. The number of imidazole rings is 1. The molecule has 0 radical (unpaired) electrons. The van der Waals surface area contributed by atoms with Crippen molar-refractivity contribution in [3.8, 4) is 0 Å². The zero-order valence-corrected chi connectivity index (χ0v) is 11.3. The normalized spacial score (nSPS) is 13.2. The Morgan fingerprint density at radius 1 is 1.61 bits per heavy atom. The molecule has 0 aromatic carbocycles. The fourth-order valence-corrected chi connectivity index (χ4v) is 2.97. The summed E-state index contributed by atoms with van der Waals surface area (Å²) in [6, 6.07) is 2.00. The lowest BCUT2D eigenvalue weighted by Gasteiger charge is -2.13. The second-order valence-corrected chi connectivity index (χ2v) is 5.24. The summed E-state index contributed by atoms with van der Waals surface area (Å²) in [5, 5.41) is 5.70. The molecule has 3 heterocycles. The van der Waals surface area contributed by atoms with Gasteiger partial charge >= 0.3 is 0 Å². The van der Waals surface area contributed by atoms with Crippen molar-refractivity contribution in [1.82, 2.24) is 14.7 Å². The fraction of sp³-hybridized carbons (Fsp3) is 0.250. The van der Waals surface area contributed by atoms with Crippen LogP contribution in [-0.2, 0) is 6.42 Å². The number of fused-ring (bicyclic) bond motifs is 1. The monoisotopic (exact) mass is 281 g/mol. The molecular weight excluding hydrogens is 270 g/mol. The van der Waals surface area contributed by atoms with Crippen LogP contribution >= 0.6 is 22.9 Å². The smallest absolute Gasteiger partial charge is 0.197 e. The Hall–Kier alpha value is -1.30. The lowest BCUT2D eigenvalue weighted by molar-refractivity contribution is 0.542. The van der Waals surface area contributed by atoms with E-state index in [-0.39, 0.29) is 6.04 Å². The zero-order valence-electron chi connectivity index (χ0n) is 9.76. The van der Waals surface area contributed by atoms with E-state index in [9.17, 15) is 0 Å². The van der Waals surface area contributed by atoms with Gasteiger partial charge in [-0.2, -0.15) is 0 Å². The summed E-state index contributed by atoms with van der Waals surface area (Å²) in [5.74, 6) is 0. The van der Waals surface area contributed by atoms with Crippen LogP contribution in [0, 0.1) is 0 Å². The van der Waals surface area contributed by atoms with Crippen molar-refractivity contribution < 1.29 is 4.42 Å². The van der Waals surface area contributed by atoms with E-state index in [1.54, 1.807) is 17.6 Å². The Morgan fingerprint density at radius 2 is 2.50 bits per heavy atom. The predicted molar refractivity (Wildman–Crippen MR) is 72.3 cm³/mol. The molecule has 0 fully saturated rings. The van der Waals surface area contributed by atoms with Crippen molar-refractivity contribution in [3.05, 3.63) is 46.6 Å². The minimum Gasteiger partial charge on any atom is -0.453 e. The van der Waals surface area contributed by atoms with Crippen molar-refractivity contribution in [2.75, 3.05) is 7.05 Å². The van der Waals surface area contributed by atoms with Gasteiger partial charge in [0.25, 0.3) is 0 Å². The van der Waals surface area contributed by atoms with Gasteiger partial charge in [-0.1, -0.05) is 0 Å². The number of halogens is 1. The van der Waals surface area contributed by atoms with Gasteiger partial charge in [-0.05, 0) is 24.7 Å². The Kier molecular flexibility index (Phi) is 3.11. The first kappa shape index (κ1) is 11.8. The van der Waals surface area contributed by atoms with E-state index in [2.05, 4.69) is 10.3 Å². The minimum absolute atomic E-state index is 0.112. The van der Waals surface area contributed by atoms with Crippen LogP contribution in [0.15, 0.2) is 34.5 Å². The number of rotatable bonds is 4. The topological polar surface area (TPSA) is 42.5 Å². The third-order valence-corrected chi connectivity index (χ3v) is 4.00. The number of nitrogens with one attached hydrogen (secondary N) is 1. The lowest BCUT2D eigenvalue weighted by Crippen LogP contribution is -2.18. The summed E-state index contributed by atoms with van der Waals surface area (Å²) >= 11 is 7.64. The molecule has 3 rings (SSSR count). The molecule has 6 heteroatoms. The highest BCUT2D eigenvalue weighted by atomic mass is 35.5. The molecule has 1 atom stereocenters. The molecule has 0 saturated carbocycles. The number of hydrogen-bond donors (Lipinski definition) is 1. The molecule has 18 heavy (non-hydrogen) atoms. The van der Waals surface area contributed by atoms with Crippen LogP contribution in [0.25, 0.3) is 4.96 Å². The van der Waals surface area contributed by atoms with E-state index < -0.39 is 0 Å². The van der Waals surface area contributed by atoms with Gasteiger partial charge in [0.15, 0.2) is 10.2 Å². The van der Waals surface area contributed by atoms with Crippen molar-refractivity contribution in [3.63, 3.8) is 0 Å². The van der Waals surface area contributed by atoms with E-state index in [4.69, 9.17) is 16.0 Å². The first-order valence-electron chi connectivity index (χ1n) is 5.59. The third kappa shape index (κ3) is 2.05. The second-order valence-electron chi connectivity index (χ2n) is 4.02. The molecule has 0 saturated heterocycles. The van der Waals surface area contributed by atoms with E-state index in [0.717, 1.165) is 22.6 Å². The average molecular weight is 282 g/mol. The largest absolute Gasteiger partial charge is 0.453 e. The van der Waals surface area contributed by atoms with E-state index in [1.165, 1.54) is 0 Å². The van der Waals surface area contributed by atoms with Crippen molar-refractivity contribution >= 4 is 27.9 Å². The van der Waals surface area contributed by atoms with Gasteiger partial charge in [0.1, 0.15) is 0 Å². The van der Waals surface area contributed by atoms with Crippen molar-refractivity contribution in [1.29, 1.82) is 0 Å². The van der Waals surface area contributed by atoms with Gasteiger partial charge in [0, 0.05) is 35.8 Å². The summed E-state index contributed by atoms with van der Waals surface area (Å²) in [6.07, 6.45) is 6.44. The van der Waals surface area contributed by atoms with Crippen LogP contribution in [0.4, 0.5) is 0 Å². The SMILES string of the molecule is CNC(Cc1cn2ccsc2n1)c1ccoc1Cl. The summed E-state index contributed by atoms with van der Waals surface area (Å²) in [7, 11) is 1.91. The predicted octanol–water partition coefficient (Wildman–Crippen LogP) is 3.15. The quantitative estimate of drug-likeness (QED) is 0.799. The van der Waals surface area contributed by atoms with Crippen LogP contribution in [0.1, 0.15) is 17.3 Å². The maximum atomic E-state index is 6.01. The van der Waals surface area contributed by atoms with Crippen LogP contribution in [0.5, 0.6) is 0 Å². The number of furan rings is 1. The molecule has 0 aliphatic carbocycles. The molecule has 0 aliphatic rings. The molecular formula is C12H12ClN3OS. The maximum Gasteiger partial charge on any atom is 0.197 e. The first-order valence-corrected chi connectivity index (χ1v) is 6.85. The molecule has 1 N–H and O–H groups in total. The van der Waals surface area contributed by atoms with E-state index >= 15 is 0 Å². The molecule has 94 valence electrons. The standard InChI is InChI=1S/C12H12ClN3OS/c1-14-10(9-2-4-17-11(9)13)6-8-7-16-3-5-18-12(16)15-8/h2-5,7,10,14H,6H2,1H3. The van der Waals surface area contributed by atoms with Crippen molar-refractivity contribution in [2.45, 2.75) is 12.5 Å². The lowest BCUT2D eigenvalue weighted by atomic mass is 10.1. The number of thiazole rings is 1. The summed E-state index contributed by atoms with van der Waals surface area (Å²) in [6.45, 7) is 0. The van der Waals surface area contributed by atoms with Crippen molar-refractivity contribution in [2.24, 2.45) is 0 Å². The zero-order chi connectivity index (χ0) is 12.5. The molecule has 1 unspecified atom stereocenters. The van der Waals surface area contributed by atoms with Gasteiger partial charge in [-0.15, -0.1) is 11.3 Å². The Balaban J connectivity index is 1.86. The van der Waals surface area contributed by atoms with E-state index in [1.807, 2.05) is 35.3 Å². The highest BCUT2D eigenvalue weighted by Crippen LogP contribution is 2.26. The third-order valence-electron chi connectivity index (χ3n) is 2.93. The van der Waals surface area contributed by atoms with Gasteiger partial charge in [0.2, 0.25) is 0 Å². The molecule has 0 amide bonds. The molecule has 3 aromatic heterocycles. The maximum absolute atomic E-state index is 6.01. The van der Waals surface area contributed by atoms with Gasteiger partial charge in [-0.3, -0.25) is 4.40 Å². The minimum atomic E-state index is 0.112. The average Bonchev–Trinajstić information content (AvgIpc) is 3.01. The summed E-state index contributed by atoms with van der Waals surface area (Å²) < 4.78 is 7.16. The number of hydrogen-bond acceptors (Lipinski definition) is 4. The molecule has 3 aromatic rings. The second kappa shape index (κ2) is 4.76. The van der Waals surface area contributed by atoms with Crippen LogP contribution < -0.4 is 5.32 Å². The number of aromatic nitrogens is 2. The molecule has 4 nitrogen and oxygen atoms in total. The van der Waals surface area contributed by atoms with Gasteiger partial charge in [-0.25, -0.2) is 4.98 Å². The number of likely N-dealkylation sites (N-methyl/N-ethyl adjacent to an activating group) is 1. The Bertz CT molecular complexity index is 628. The van der Waals surface area contributed by atoms with Crippen LogP contribution in [0.2, 0.25) is 5.22 Å². The Labute approximate surface area is 113 Å². The Morgan fingerprint density at radius 3 is 3.17 bits per heavy atom. The van der Waals surface area contributed by atoms with Gasteiger partial charge < -0.3 is 9.73 Å². The highest BCUT2D eigenvalue weighted by Gasteiger charge is 2.17. The number of nitrogens with zero attached hydrogens (tertiary/aromatic N) is 2. The fourth-order valence-electron chi connectivity index (χ4n) is 2.00. The molecule has 0 bridgehead atoms. The highest BCUT2D eigenvalue weighted by molar-refractivity contribution is 7.15. The summed E-state index contributed by atoms with van der Waals surface area (Å²) in [4.78, 5) is 5.58. The van der Waals surface area contributed by atoms with Crippen LogP contribution in [-0.4, -0.2) is 16.4 Å². The van der Waals surface area contributed by atoms with Gasteiger partial charge in [0.05, 0.1) is 12.0 Å².